The molecule has 1 aromatic heterocycles. The van der Waals surface area contributed by atoms with Crippen LogP contribution in [-0.2, 0) is 10.0 Å². The normalized spacial score (nSPS) is 11.5. The van der Waals surface area contributed by atoms with Gasteiger partial charge in [0, 0.05) is 5.69 Å². The molecule has 0 radical (unpaired) electrons. The Bertz CT molecular complexity index is 708. The van der Waals surface area contributed by atoms with Crippen molar-refractivity contribution >= 4 is 27.2 Å². The van der Waals surface area contributed by atoms with Crippen molar-refractivity contribution in [2.75, 3.05) is 15.8 Å². The highest BCUT2D eigenvalue weighted by Gasteiger charge is 2.07. The number of benzene rings is 1. The zero-order chi connectivity index (χ0) is 16.2. The lowest BCUT2D eigenvalue weighted by Gasteiger charge is -2.10. The van der Waals surface area contributed by atoms with Gasteiger partial charge < -0.3 is 5.32 Å². The monoisotopic (exact) mass is 319 g/mol. The van der Waals surface area contributed by atoms with Crippen LogP contribution in [-0.4, -0.2) is 19.2 Å². The van der Waals surface area contributed by atoms with E-state index in [0.717, 1.165) is 5.69 Å². The van der Waals surface area contributed by atoms with E-state index in [0.29, 0.717) is 17.4 Å². The zero-order valence-electron chi connectivity index (χ0n) is 13.0. The molecule has 0 saturated carbocycles. The molecule has 0 atom stereocenters. The van der Waals surface area contributed by atoms with Crippen LogP contribution in [0.2, 0.25) is 0 Å². The summed E-state index contributed by atoms with van der Waals surface area (Å²) in [6.45, 7) is 5.90. The summed E-state index contributed by atoms with van der Waals surface area (Å²) < 4.78 is 25.4. The Morgan fingerprint density at radius 1 is 1.05 bits per heavy atom. The van der Waals surface area contributed by atoms with Crippen LogP contribution in [0.1, 0.15) is 32.3 Å². The van der Waals surface area contributed by atoms with E-state index in [1.807, 2.05) is 12.1 Å². The number of nitrogens with zero attached hydrogens (tertiary/aromatic N) is 1. The summed E-state index contributed by atoms with van der Waals surface area (Å²) in [5.41, 5.74) is 2.68. The highest BCUT2D eigenvalue weighted by molar-refractivity contribution is 7.92. The minimum atomic E-state index is -3.27. The molecule has 0 bridgehead atoms. The molecular formula is C16H21N3O2S. The molecule has 5 nitrogen and oxygen atoms in total. The second kappa shape index (κ2) is 6.79. The van der Waals surface area contributed by atoms with Gasteiger partial charge in [-0.05, 0) is 42.7 Å². The van der Waals surface area contributed by atoms with Gasteiger partial charge in [-0.2, -0.15) is 0 Å². The van der Waals surface area contributed by atoms with Gasteiger partial charge >= 0.3 is 0 Å². The predicted molar refractivity (Wildman–Crippen MR) is 91.1 cm³/mol. The summed E-state index contributed by atoms with van der Waals surface area (Å²) in [4.78, 5) is 4.21. The summed E-state index contributed by atoms with van der Waals surface area (Å²) in [5.74, 6) is 1.20. The van der Waals surface area contributed by atoms with Crippen molar-refractivity contribution in [2.24, 2.45) is 0 Å². The van der Waals surface area contributed by atoms with E-state index >= 15 is 0 Å². The second-order valence-corrected chi connectivity index (χ2v) is 7.35. The van der Waals surface area contributed by atoms with Crippen LogP contribution in [0.4, 0.5) is 17.2 Å². The minimum Gasteiger partial charge on any atom is -0.340 e. The zero-order valence-corrected chi connectivity index (χ0v) is 13.8. The fourth-order valence-corrected chi connectivity index (χ4v) is 2.50. The Balaban J connectivity index is 2.05. The number of anilines is 3. The molecule has 0 unspecified atom stereocenters. The van der Waals surface area contributed by atoms with Gasteiger partial charge in [-0.25, -0.2) is 13.4 Å². The van der Waals surface area contributed by atoms with Gasteiger partial charge in [-0.3, -0.25) is 4.72 Å². The van der Waals surface area contributed by atoms with E-state index in [1.54, 1.807) is 19.1 Å². The van der Waals surface area contributed by atoms with E-state index in [1.165, 1.54) is 11.8 Å². The molecular weight excluding hydrogens is 298 g/mol. The first-order chi connectivity index (χ1) is 10.4. The predicted octanol–water partition coefficient (Wildman–Crippen LogP) is 3.71. The fourth-order valence-electron chi connectivity index (χ4n) is 1.88. The highest BCUT2D eigenvalue weighted by Crippen LogP contribution is 2.20. The van der Waals surface area contributed by atoms with Gasteiger partial charge in [-0.15, -0.1) is 0 Å². The molecule has 1 aromatic carbocycles. The van der Waals surface area contributed by atoms with Crippen molar-refractivity contribution in [3.8, 4) is 0 Å². The van der Waals surface area contributed by atoms with Crippen LogP contribution in [0.5, 0.6) is 0 Å². The van der Waals surface area contributed by atoms with Gasteiger partial charge in [0.25, 0.3) is 0 Å². The summed E-state index contributed by atoms with van der Waals surface area (Å²) in [7, 11) is -3.27. The van der Waals surface area contributed by atoms with Crippen LogP contribution in [0.25, 0.3) is 0 Å². The number of nitrogens with one attached hydrogen (secondary N) is 2. The Kier molecular flexibility index (Phi) is 5.03. The number of pyridine rings is 1. The first-order valence-electron chi connectivity index (χ1n) is 7.23. The maximum absolute atomic E-state index is 11.5. The maximum Gasteiger partial charge on any atom is 0.232 e. The quantitative estimate of drug-likeness (QED) is 0.851. The molecule has 2 N–H and O–H groups in total. The third kappa shape index (κ3) is 4.46. The Morgan fingerprint density at radius 3 is 2.18 bits per heavy atom. The molecule has 2 aromatic rings. The van der Waals surface area contributed by atoms with Gasteiger partial charge in [0.1, 0.15) is 5.82 Å². The van der Waals surface area contributed by atoms with Gasteiger partial charge in [-0.1, -0.05) is 26.0 Å². The number of sulfonamides is 1. The van der Waals surface area contributed by atoms with Gasteiger partial charge in [0.05, 0.1) is 17.6 Å². The molecule has 6 heteroatoms. The van der Waals surface area contributed by atoms with E-state index in [4.69, 9.17) is 0 Å². The van der Waals surface area contributed by atoms with E-state index in [-0.39, 0.29) is 5.75 Å². The molecule has 1 heterocycles. The van der Waals surface area contributed by atoms with Crippen LogP contribution in [0.3, 0.4) is 0 Å². The molecule has 118 valence electrons. The topological polar surface area (TPSA) is 71.1 Å². The number of hydrogen-bond donors (Lipinski definition) is 2. The lowest BCUT2D eigenvalue weighted by atomic mass is 10.0. The second-order valence-electron chi connectivity index (χ2n) is 5.34. The third-order valence-corrected chi connectivity index (χ3v) is 4.57. The summed E-state index contributed by atoms with van der Waals surface area (Å²) in [6, 6.07) is 11.6. The molecule has 0 saturated heterocycles. The molecule has 0 aliphatic heterocycles. The molecule has 0 aliphatic rings. The van der Waals surface area contributed by atoms with Crippen molar-refractivity contribution in [1.29, 1.82) is 0 Å². The molecule has 0 amide bonds. The number of rotatable bonds is 6. The van der Waals surface area contributed by atoms with E-state index in [9.17, 15) is 8.42 Å². The first kappa shape index (κ1) is 16.3. The van der Waals surface area contributed by atoms with Crippen molar-refractivity contribution in [3.63, 3.8) is 0 Å². The van der Waals surface area contributed by atoms with E-state index < -0.39 is 10.0 Å². The SMILES string of the molecule is CCS(=O)(=O)Nc1ccc(Nc2ccc(C(C)C)cc2)nc1. The Hall–Kier alpha value is -2.08. The van der Waals surface area contributed by atoms with Crippen molar-refractivity contribution in [1.82, 2.24) is 4.98 Å². The standard InChI is InChI=1S/C16H21N3O2S/c1-4-22(20,21)19-15-9-10-16(17-11-15)18-14-7-5-13(6-8-14)12(2)3/h5-12,19H,4H2,1-3H3,(H,17,18). The first-order valence-corrected chi connectivity index (χ1v) is 8.88. The van der Waals surface area contributed by atoms with Crippen molar-refractivity contribution in [3.05, 3.63) is 48.2 Å². The van der Waals surface area contributed by atoms with Gasteiger partial charge in [0.2, 0.25) is 10.0 Å². The average molecular weight is 319 g/mol. The highest BCUT2D eigenvalue weighted by atomic mass is 32.2. The molecule has 2 rings (SSSR count). The maximum atomic E-state index is 11.5. The summed E-state index contributed by atoms with van der Waals surface area (Å²) in [5, 5.41) is 3.19. The van der Waals surface area contributed by atoms with Crippen LogP contribution in [0.15, 0.2) is 42.6 Å². The molecule has 0 spiro atoms. The largest absolute Gasteiger partial charge is 0.340 e. The van der Waals surface area contributed by atoms with Crippen LogP contribution < -0.4 is 10.0 Å². The number of aromatic nitrogens is 1. The molecule has 22 heavy (non-hydrogen) atoms. The third-order valence-electron chi connectivity index (χ3n) is 3.27. The lowest BCUT2D eigenvalue weighted by Crippen LogP contribution is -2.14. The minimum absolute atomic E-state index is 0.0369. The fraction of sp³-hybridized carbons (Fsp3) is 0.312. The average Bonchev–Trinajstić information content (AvgIpc) is 2.49. The van der Waals surface area contributed by atoms with Crippen LogP contribution >= 0.6 is 0 Å². The Morgan fingerprint density at radius 2 is 1.68 bits per heavy atom. The smallest absolute Gasteiger partial charge is 0.232 e. The van der Waals surface area contributed by atoms with Gasteiger partial charge in [0.15, 0.2) is 0 Å². The number of hydrogen-bond acceptors (Lipinski definition) is 4. The molecule has 0 aliphatic carbocycles. The molecule has 0 fully saturated rings. The van der Waals surface area contributed by atoms with Crippen LogP contribution in [0, 0.1) is 0 Å². The van der Waals surface area contributed by atoms with Crippen molar-refractivity contribution < 1.29 is 8.42 Å². The van der Waals surface area contributed by atoms with E-state index in [2.05, 4.69) is 41.0 Å². The van der Waals surface area contributed by atoms with Crippen molar-refractivity contribution in [2.45, 2.75) is 26.7 Å². The lowest BCUT2D eigenvalue weighted by molar-refractivity contribution is 0.602. The Labute approximate surface area is 131 Å². The summed E-state index contributed by atoms with van der Waals surface area (Å²) >= 11 is 0. The summed E-state index contributed by atoms with van der Waals surface area (Å²) in [6.07, 6.45) is 1.50.